The van der Waals surface area contributed by atoms with Crippen LogP contribution in [-0.4, -0.2) is 56.1 Å². The molecule has 2 aliphatic heterocycles. The van der Waals surface area contributed by atoms with Crippen molar-refractivity contribution in [1.82, 2.24) is 4.90 Å². The van der Waals surface area contributed by atoms with E-state index in [1.807, 2.05) is 31.2 Å². The second-order valence-electron chi connectivity index (χ2n) is 10.4. The van der Waals surface area contributed by atoms with Crippen LogP contribution in [0, 0.1) is 12.8 Å². The molecule has 2 aliphatic rings. The van der Waals surface area contributed by atoms with Crippen LogP contribution in [0.5, 0.6) is 11.5 Å². The zero-order valence-electron chi connectivity index (χ0n) is 22.4. The number of rotatable bonds is 8. The number of nitrogens with one attached hydrogen (secondary N) is 1. The minimum absolute atomic E-state index is 0.120. The zero-order valence-corrected chi connectivity index (χ0v) is 22.4. The Morgan fingerprint density at radius 2 is 1.75 bits per heavy atom. The molecule has 0 saturated carbocycles. The van der Waals surface area contributed by atoms with Crippen LogP contribution < -0.4 is 14.8 Å². The number of carbonyl (C=O) groups excluding carboxylic acids is 1. The number of halogens is 3. The van der Waals surface area contributed by atoms with E-state index < -0.39 is 6.36 Å². The SMILES string of the molecule is Cc1cccc(C(=O)Nc2cccc(OC3CCN(CC4CCOC4)CC3)c2)c1-c1ccc(OC(F)(F)F)cc1. The zero-order chi connectivity index (χ0) is 28.1. The summed E-state index contributed by atoms with van der Waals surface area (Å²) in [5.41, 5.74) is 3.09. The summed E-state index contributed by atoms with van der Waals surface area (Å²) in [5.74, 6) is 0.692. The van der Waals surface area contributed by atoms with E-state index in [2.05, 4.69) is 15.0 Å². The molecule has 212 valence electrons. The van der Waals surface area contributed by atoms with Gasteiger partial charge in [-0.25, -0.2) is 0 Å². The van der Waals surface area contributed by atoms with Gasteiger partial charge in [0.25, 0.3) is 5.91 Å². The van der Waals surface area contributed by atoms with E-state index in [0.717, 1.165) is 57.7 Å². The van der Waals surface area contributed by atoms with Gasteiger partial charge in [0.2, 0.25) is 0 Å². The van der Waals surface area contributed by atoms with Gasteiger partial charge in [-0.15, -0.1) is 13.2 Å². The minimum Gasteiger partial charge on any atom is -0.490 e. The van der Waals surface area contributed by atoms with Gasteiger partial charge in [-0.3, -0.25) is 4.79 Å². The molecule has 1 N–H and O–H groups in total. The van der Waals surface area contributed by atoms with Crippen molar-refractivity contribution < 1.29 is 32.2 Å². The summed E-state index contributed by atoms with van der Waals surface area (Å²) in [6.07, 6.45) is -1.61. The van der Waals surface area contributed by atoms with Crippen molar-refractivity contribution in [1.29, 1.82) is 0 Å². The lowest BCUT2D eigenvalue weighted by Crippen LogP contribution is -2.40. The molecule has 0 aromatic heterocycles. The predicted molar refractivity (Wildman–Crippen MR) is 147 cm³/mol. The van der Waals surface area contributed by atoms with Crippen LogP contribution in [0.1, 0.15) is 35.2 Å². The average Bonchev–Trinajstić information content (AvgIpc) is 3.43. The molecule has 1 atom stereocenters. The third-order valence-electron chi connectivity index (χ3n) is 7.36. The lowest BCUT2D eigenvalue weighted by atomic mass is 9.94. The maximum atomic E-state index is 13.4. The molecule has 0 radical (unpaired) electrons. The number of ether oxygens (including phenoxy) is 3. The highest BCUT2D eigenvalue weighted by Crippen LogP contribution is 2.32. The number of anilines is 1. The minimum atomic E-state index is -4.77. The van der Waals surface area contributed by atoms with Crippen LogP contribution in [0.4, 0.5) is 18.9 Å². The van der Waals surface area contributed by atoms with Crippen molar-refractivity contribution >= 4 is 11.6 Å². The van der Waals surface area contributed by atoms with Crippen molar-refractivity contribution in [3.8, 4) is 22.6 Å². The van der Waals surface area contributed by atoms with Crippen molar-refractivity contribution in [2.75, 3.05) is 38.2 Å². The number of likely N-dealkylation sites (tertiary alicyclic amines) is 1. The highest BCUT2D eigenvalue weighted by Gasteiger charge is 2.31. The van der Waals surface area contributed by atoms with Crippen LogP contribution in [0.3, 0.4) is 0 Å². The highest BCUT2D eigenvalue weighted by molar-refractivity contribution is 6.09. The van der Waals surface area contributed by atoms with Crippen molar-refractivity contribution in [3.63, 3.8) is 0 Å². The van der Waals surface area contributed by atoms with E-state index in [9.17, 15) is 18.0 Å². The second kappa shape index (κ2) is 12.3. The van der Waals surface area contributed by atoms with E-state index in [1.165, 1.54) is 24.3 Å². The Morgan fingerprint density at radius 3 is 2.45 bits per heavy atom. The lowest BCUT2D eigenvalue weighted by molar-refractivity contribution is -0.274. The van der Waals surface area contributed by atoms with Gasteiger partial charge in [0.15, 0.2) is 0 Å². The van der Waals surface area contributed by atoms with E-state index in [0.29, 0.717) is 34.0 Å². The Bertz CT molecular complexity index is 1300. The van der Waals surface area contributed by atoms with Crippen LogP contribution in [0.2, 0.25) is 0 Å². The summed E-state index contributed by atoms with van der Waals surface area (Å²) in [5, 5.41) is 2.95. The largest absolute Gasteiger partial charge is 0.573 e. The first-order chi connectivity index (χ1) is 19.2. The number of nitrogens with zero attached hydrogens (tertiary/aromatic N) is 1. The number of carbonyl (C=O) groups is 1. The molecule has 2 saturated heterocycles. The molecular weight excluding hydrogens is 521 g/mol. The fraction of sp³-hybridized carbons (Fsp3) is 0.387. The molecular formula is C31H33F3N2O4. The smallest absolute Gasteiger partial charge is 0.490 e. The molecule has 40 heavy (non-hydrogen) atoms. The summed E-state index contributed by atoms with van der Waals surface area (Å²) in [6, 6.07) is 18.2. The second-order valence-corrected chi connectivity index (χ2v) is 10.4. The van der Waals surface area contributed by atoms with E-state index >= 15 is 0 Å². The summed E-state index contributed by atoms with van der Waals surface area (Å²) < 4.78 is 53.4. The van der Waals surface area contributed by atoms with Gasteiger partial charge in [-0.2, -0.15) is 0 Å². The molecule has 2 heterocycles. The van der Waals surface area contributed by atoms with Crippen molar-refractivity contribution in [3.05, 3.63) is 77.9 Å². The van der Waals surface area contributed by atoms with Gasteiger partial charge in [-0.1, -0.05) is 30.3 Å². The molecule has 0 bridgehead atoms. The Kier molecular flexibility index (Phi) is 8.61. The number of benzene rings is 3. The third-order valence-corrected chi connectivity index (χ3v) is 7.36. The van der Waals surface area contributed by atoms with Gasteiger partial charge in [0.05, 0.1) is 6.61 Å². The first kappa shape index (κ1) is 28.0. The fourth-order valence-electron chi connectivity index (χ4n) is 5.40. The first-order valence-corrected chi connectivity index (χ1v) is 13.6. The number of hydrogen-bond donors (Lipinski definition) is 1. The van der Waals surface area contributed by atoms with Gasteiger partial charge in [-0.05, 0) is 79.1 Å². The molecule has 1 unspecified atom stereocenters. The highest BCUT2D eigenvalue weighted by atomic mass is 19.4. The molecule has 3 aromatic carbocycles. The Hall–Kier alpha value is -3.56. The van der Waals surface area contributed by atoms with Crippen molar-refractivity contribution in [2.24, 2.45) is 5.92 Å². The number of hydrogen-bond acceptors (Lipinski definition) is 5. The fourth-order valence-corrected chi connectivity index (χ4v) is 5.40. The standard InChI is InChI=1S/C31H33F3N2O4/c1-21-4-2-7-28(29(21)23-8-10-26(11-9-23)40-31(32,33)34)30(37)35-24-5-3-6-27(18-24)39-25-12-15-36(16-13-25)19-22-14-17-38-20-22/h2-11,18,22,25H,12-17,19-20H2,1H3,(H,35,37). The van der Waals surface area contributed by atoms with Crippen LogP contribution >= 0.6 is 0 Å². The maximum absolute atomic E-state index is 13.4. The third kappa shape index (κ3) is 7.34. The number of piperidine rings is 1. The monoisotopic (exact) mass is 554 g/mol. The number of alkyl halides is 3. The molecule has 9 heteroatoms. The van der Waals surface area contributed by atoms with Crippen LogP contribution in [0.15, 0.2) is 66.7 Å². The molecule has 1 amide bonds. The first-order valence-electron chi connectivity index (χ1n) is 13.6. The summed E-state index contributed by atoms with van der Waals surface area (Å²) in [6.45, 7) is 6.67. The van der Waals surface area contributed by atoms with Crippen LogP contribution in [-0.2, 0) is 4.74 Å². The molecule has 0 spiro atoms. The van der Waals surface area contributed by atoms with Gasteiger partial charge in [0.1, 0.15) is 17.6 Å². The average molecular weight is 555 g/mol. The summed E-state index contributed by atoms with van der Waals surface area (Å²) in [7, 11) is 0. The normalized spacial score (nSPS) is 18.4. The Labute approximate surface area is 232 Å². The Morgan fingerprint density at radius 1 is 1.00 bits per heavy atom. The van der Waals surface area contributed by atoms with Gasteiger partial charge >= 0.3 is 6.36 Å². The maximum Gasteiger partial charge on any atom is 0.573 e. The van der Waals surface area contributed by atoms with E-state index in [1.54, 1.807) is 18.2 Å². The quantitative estimate of drug-likeness (QED) is 0.336. The lowest BCUT2D eigenvalue weighted by Gasteiger charge is -2.33. The van der Waals surface area contributed by atoms with E-state index in [4.69, 9.17) is 9.47 Å². The molecule has 0 aliphatic carbocycles. The molecule has 6 nitrogen and oxygen atoms in total. The summed E-state index contributed by atoms with van der Waals surface area (Å²) in [4.78, 5) is 15.8. The molecule has 3 aromatic rings. The summed E-state index contributed by atoms with van der Waals surface area (Å²) >= 11 is 0. The van der Waals surface area contributed by atoms with Crippen LogP contribution in [0.25, 0.3) is 11.1 Å². The predicted octanol–water partition coefficient (Wildman–Crippen LogP) is 6.69. The van der Waals surface area contributed by atoms with Gasteiger partial charge in [0, 0.05) is 43.6 Å². The number of amides is 1. The molecule has 5 rings (SSSR count). The Balaban J connectivity index is 1.22. The van der Waals surface area contributed by atoms with Crippen molar-refractivity contribution in [2.45, 2.75) is 38.7 Å². The molecule has 2 fully saturated rings. The van der Waals surface area contributed by atoms with E-state index in [-0.39, 0.29) is 17.8 Å². The number of aryl methyl sites for hydroxylation is 1. The van der Waals surface area contributed by atoms with Gasteiger partial charge < -0.3 is 24.4 Å². The topological polar surface area (TPSA) is 60.0 Å².